The van der Waals surface area contributed by atoms with Crippen molar-refractivity contribution in [3.8, 4) is 0 Å². The van der Waals surface area contributed by atoms with Gasteiger partial charge in [-0.3, -0.25) is 0 Å². The highest BCUT2D eigenvalue weighted by Gasteiger charge is 2.07. The van der Waals surface area contributed by atoms with E-state index in [1.54, 1.807) is 12.1 Å². The van der Waals surface area contributed by atoms with Crippen LogP contribution in [0.5, 0.6) is 0 Å². The lowest BCUT2D eigenvalue weighted by Gasteiger charge is -2.16. The normalized spacial score (nSPS) is 12.1. The summed E-state index contributed by atoms with van der Waals surface area (Å²) in [5.74, 6) is 0.345. The van der Waals surface area contributed by atoms with E-state index < -0.39 is 6.09 Å². The number of hydrogen-bond acceptors (Lipinski definition) is 2. The molecule has 1 atom stereocenters. The molecule has 0 aliphatic heterocycles. The van der Waals surface area contributed by atoms with E-state index in [0.29, 0.717) is 11.6 Å². The summed E-state index contributed by atoms with van der Waals surface area (Å²) in [5.41, 5.74) is 1.64. The first-order valence-corrected chi connectivity index (χ1v) is 4.72. The van der Waals surface area contributed by atoms with Gasteiger partial charge in [-0.1, -0.05) is 32.0 Å². The minimum absolute atomic E-state index is 0.345. The van der Waals surface area contributed by atoms with Crippen molar-refractivity contribution in [3.63, 3.8) is 0 Å². The van der Waals surface area contributed by atoms with Crippen LogP contribution in [0.25, 0.3) is 0 Å². The summed E-state index contributed by atoms with van der Waals surface area (Å²) in [6.07, 6.45) is -0.285. The van der Waals surface area contributed by atoms with E-state index in [9.17, 15) is 9.90 Å². The molecule has 14 heavy (non-hydrogen) atoms. The van der Waals surface area contributed by atoms with Gasteiger partial charge in [0.2, 0.25) is 0 Å². The number of benzene rings is 1. The van der Waals surface area contributed by atoms with Crippen LogP contribution >= 0.6 is 0 Å². The Morgan fingerprint density at radius 2 is 2.14 bits per heavy atom. The molecule has 1 amide bonds. The van der Waals surface area contributed by atoms with Gasteiger partial charge < -0.3 is 15.2 Å². The van der Waals surface area contributed by atoms with Crippen molar-refractivity contribution in [2.24, 2.45) is 0 Å². The molecule has 3 nitrogen and oxygen atoms in total. The first-order valence-electron chi connectivity index (χ1n) is 4.72. The van der Waals surface area contributed by atoms with Crippen LogP contribution in [0.3, 0.4) is 0 Å². The lowest BCUT2D eigenvalue weighted by atomic mass is 9.97. The fourth-order valence-corrected chi connectivity index (χ4v) is 1.37. The van der Waals surface area contributed by atoms with E-state index in [2.05, 4.69) is 19.2 Å². The number of nitrogens with one attached hydrogen (secondary N) is 1. The van der Waals surface area contributed by atoms with Gasteiger partial charge in [-0.2, -0.15) is 0 Å². The highest BCUT2D eigenvalue weighted by atomic mass is 16.4. The van der Waals surface area contributed by atoms with Crippen LogP contribution in [0.2, 0.25) is 0 Å². The van der Waals surface area contributed by atoms with Gasteiger partial charge in [-0.15, -0.1) is 0 Å². The van der Waals surface area contributed by atoms with Gasteiger partial charge in [0.1, 0.15) is 6.09 Å². The maximum atomic E-state index is 10.4. The summed E-state index contributed by atoms with van der Waals surface area (Å²) in [5, 5.41) is 12.7. The van der Waals surface area contributed by atoms with E-state index in [0.717, 1.165) is 12.0 Å². The molecule has 0 aliphatic carbocycles. The molecule has 0 spiro atoms. The molecule has 0 aromatic heterocycles. The summed E-state index contributed by atoms with van der Waals surface area (Å²) in [6.45, 7) is 4.14. The average Bonchev–Trinajstić information content (AvgIpc) is 2.16. The summed E-state index contributed by atoms with van der Waals surface area (Å²) in [7, 11) is 0. The number of para-hydroxylation sites is 1. The number of anilines is 1. The lowest BCUT2D eigenvalue weighted by Crippen LogP contribution is -2.29. The first-order chi connectivity index (χ1) is 6.65. The number of carboxylic acid groups (broad SMARTS) is 1. The average molecular weight is 192 g/mol. The third-order valence-electron chi connectivity index (χ3n) is 2.34. The maximum Gasteiger partial charge on any atom is 0.138 e. The minimum Gasteiger partial charge on any atom is -0.530 e. The molecule has 0 saturated heterocycles. The zero-order chi connectivity index (χ0) is 10.6. The number of hydrogen-bond donors (Lipinski definition) is 1. The Labute approximate surface area is 83.8 Å². The Balaban J connectivity index is 2.96. The van der Waals surface area contributed by atoms with Gasteiger partial charge in [0, 0.05) is 5.69 Å². The molecule has 0 fully saturated rings. The first kappa shape index (κ1) is 10.6. The number of carbonyl (C=O) groups excluding carboxylic acids is 1. The van der Waals surface area contributed by atoms with Crippen LogP contribution in [-0.2, 0) is 0 Å². The third-order valence-corrected chi connectivity index (χ3v) is 2.34. The second-order valence-electron chi connectivity index (χ2n) is 3.31. The largest absolute Gasteiger partial charge is 0.530 e. The second-order valence-corrected chi connectivity index (χ2v) is 3.31. The number of amides is 1. The fourth-order valence-electron chi connectivity index (χ4n) is 1.37. The molecule has 0 saturated carbocycles. The Morgan fingerprint density at radius 1 is 1.50 bits per heavy atom. The van der Waals surface area contributed by atoms with Crippen LogP contribution in [0, 0.1) is 0 Å². The van der Waals surface area contributed by atoms with Gasteiger partial charge in [0.05, 0.1) is 0 Å². The van der Waals surface area contributed by atoms with Gasteiger partial charge in [-0.25, -0.2) is 0 Å². The number of rotatable bonds is 3. The summed E-state index contributed by atoms with van der Waals surface area (Å²) in [6, 6.07) is 7.38. The predicted octanol–water partition coefficient (Wildman–Crippen LogP) is 1.96. The summed E-state index contributed by atoms with van der Waals surface area (Å²) in [4.78, 5) is 10.4. The smallest absolute Gasteiger partial charge is 0.138 e. The van der Waals surface area contributed by atoms with Crippen LogP contribution in [0.15, 0.2) is 24.3 Å². The highest BCUT2D eigenvalue weighted by molar-refractivity contribution is 5.82. The predicted molar refractivity (Wildman–Crippen MR) is 54.2 cm³/mol. The Kier molecular flexibility index (Phi) is 3.51. The molecule has 1 rings (SSSR count). The van der Waals surface area contributed by atoms with Crippen molar-refractivity contribution in [1.82, 2.24) is 0 Å². The van der Waals surface area contributed by atoms with Crippen molar-refractivity contribution in [2.75, 3.05) is 5.32 Å². The van der Waals surface area contributed by atoms with E-state index >= 15 is 0 Å². The van der Waals surface area contributed by atoms with Crippen LogP contribution < -0.4 is 10.4 Å². The zero-order valence-electron chi connectivity index (χ0n) is 8.41. The van der Waals surface area contributed by atoms with Crippen molar-refractivity contribution in [2.45, 2.75) is 26.2 Å². The molecule has 1 aromatic carbocycles. The van der Waals surface area contributed by atoms with Gasteiger partial charge in [0.25, 0.3) is 0 Å². The van der Waals surface area contributed by atoms with Crippen molar-refractivity contribution < 1.29 is 9.90 Å². The standard InChI is InChI=1S/C11H15NO2/c1-3-8(2)9-6-4-5-7-10(9)12-11(13)14/h4-8,12H,3H2,1-2H3,(H,13,14)/p-1. The SMILES string of the molecule is CCC(C)c1ccccc1NC(=O)[O-]. The van der Waals surface area contributed by atoms with E-state index in [1.165, 1.54) is 0 Å². The molecule has 0 aliphatic rings. The molecule has 3 heteroatoms. The molecule has 0 bridgehead atoms. The molecule has 1 N–H and O–H groups in total. The minimum atomic E-state index is -1.26. The summed E-state index contributed by atoms with van der Waals surface area (Å²) >= 11 is 0. The molecule has 76 valence electrons. The zero-order valence-corrected chi connectivity index (χ0v) is 8.41. The van der Waals surface area contributed by atoms with Crippen LogP contribution in [-0.4, -0.2) is 6.09 Å². The van der Waals surface area contributed by atoms with Crippen LogP contribution in [0.1, 0.15) is 31.7 Å². The van der Waals surface area contributed by atoms with Crippen LogP contribution in [0.4, 0.5) is 10.5 Å². The highest BCUT2D eigenvalue weighted by Crippen LogP contribution is 2.26. The van der Waals surface area contributed by atoms with Gasteiger partial charge in [-0.05, 0) is 24.0 Å². The topological polar surface area (TPSA) is 52.2 Å². The maximum absolute atomic E-state index is 10.4. The van der Waals surface area contributed by atoms with Crippen molar-refractivity contribution in [1.29, 1.82) is 0 Å². The molecule has 0 radical (unpaired) electrons. The van der Waals surface area contributed by atoms with E-state index in [-0.39, 0.29) is 0 Å². The van der Waals surface area contributed by atoms with Crippen molar-refractivity contribution in [3.05, 3.63) is 29.8 Å². The second kappa shape index (κ2) is 4.65. The van der Waals surface area contributed by atoms with Gasteiger partial charge in [0.15, 0.2) is 0 Å². The van der Waals surface area contributed by atoms with Gasteiger partial charge >= 0.3 is 0 Å². The Bertz CT molecular complexity index is 323. The monoisotopic (exact) mass is 192 g/mol. The van der Waals surface area contributed by atoms with E-state index in [1.807, 2.05) is 12.1 Å². The van der Waals surface area contributed by atoms with E-state index in [4.69, 9.17) is 0 Å². The summed E-state index contributed by atoms with van der Waals surface area (Å²) < 4.78 is 0. The lowest BCUT2D eigenvalue weighted by molar-refractivity contribution is -0.242. The molecule has 1 unspecified atom stereocenters. The molecule has 0 heterocycles. The molecular weight excluding hydrogens is 178 g/mol. The molecule has 1 aromatic rings. The third kappa shape index (κ3) is 2.49. The Morgan fingerprint density at radius 3 is 2.71 bits per heavy atom. The quantitative estimate of drug-likeness (QED) is 0.795. The number of carbonyl (C=O) groups is 1. The fraction of sp³-hybridized carbons (Fsp3) is 0.364. The van der Waals surface area contributed by atoms with Crippen molar-refractivity contribution >= 4 is 11.8 Å². The molecular formula is C11H14NO2-. The Hall–Kier alpha value is -1.51.